The molecule has 38 heavy (non-hydrogen) atoms. The summed E-state index contributed by atoms with van der Waals surface area (Å²) in [5.41, 5.74) is 5.43. The van der Waals surface area contributed by atoms with E-state index in [2.05, 4.69) is 53.2 Å². The summed E-state index contributed by atoms with van der Waals surface area (Å²) in [4.78, 5) is 14.6. The van der Waals surface area contributed by atoms with Crippen molar-refractivity contribution < 1.29 is 14.3 Å². The van der Waals surface area contributed by atoms with Gasteiger partial charge in [-0.15, -0.1) is 0 Å². The summed E-state index contributed by atoms with van der Waals surface area (Å²) in [6.07, 6.45) is 3.59. The number of rotatable bonds is 8. The van der Waals surface area contributed by atoms with E-state index in [0.29, 0.717) is 11.8 Å². The highest BCUT2D eigenvalue weighted by Gasteiger charge is 2.29. The third-order valence-electron chi connectivity index (χ3n) is 7.59. The van der Waals surface area contributed by atoms with Gasteiger partial charge < -0.3 is 9.47 Å². The number of aromatic amines is 1. The number of carbonyl (C=O) groups is 1. The molecule has 1 aliphatic carbocycles. The molecule has 1 unspecified atom stereocenters. The molecule has 3 aromatic rings. The van der Waals surface area contributed by atoms with E-state index in [1.54, 1.807) is 0 Å². The fourth-order valence-corrected chi connectivity index (χ4v) is 6.16. The molecule has 0 amide bonds. The van der Waals surface area contributed by atoms with Crippen molar-refractivity contribution in [2.45, 2.75) is 52.6 Å². The summed E-state index contributed by atoms with van der Waals surface area (Å²) < 4.78 is 11.8. The topological polar surface area (TPSA) is 67.4 Å². The lowest BCUT2D eigenvalue weighted by molar-refractivity contribution is -0.149. The monoisotopic (exact) mass is 555 g/mol. The van der Waals surface area contributed by atoms with Gasteiger partial charge in [0.25, 0.3) is 0 Å². The molecule has 202 valence electrons. The second kappa shape index (κ2) is 11.7. The zero-order valence-electron chi connectivity index (χ0n) is 22.2. The molecule has 2 heterocycles. The molecule has 0 radical (unpaired) electrons. The van der Waals surface area contributed by atoms with Crippen LogP contribution in [0, 0.1) is 11.8 Å². The van der Waals surface area contributed by atoms with Crippen LogP contribution in [0.2, 0.25) is 5.15 Å². The van der Waals surface area contributed by atoms with E-state index in [4.69, 9.17) is 32.7 Å². The number of ether oxygens (including phenoxy) is 2. The number of likely N-dealkylation sites (tertiary alicyclic amines) is 1. The van der Waals surface area contributed by atoms with Gasteiger partial charge in [-0.1, -0.05) is 43.1 Å². The fourth-order valence-electron chi connectivity index (χ4n) is 5.63. The van der Waals surface area contributed by atoms with Crippen LogP contribution in [0.5, 0.6) is 5.75 Å². The van der Waals surface area contributed by atoms with Gasteiger partial charge in [0.1, 0.15) is 17.0 Å². The van der Waals surface area contributed by atoms with Crippen molar-refractivity contribution in [2.75, 3.05) is 26.2 Å². The first kappa shape index (κ1) is 27.0. The van der Waals surface area contributed by atoms with E-state index < -0.39 is 0 Å². The smallest absolute Gasteiger partial charge is 0.310 e. The van der Waals surface area contributed by atoms with Crippen molar-refractivity contribution in [3.05, 3.63) is 63.8 Å². The van der Waals surface area contributed by atoms with E-state index in [0.717, 1.165) is 78.1 Å². The predicted octanol–water partition coefficient (Wildman–Crippen LogP) is 7.16. The molecular formula is C30H35Cl2N3O3. The van der Waals surface area contributed by atoms with Gasteiger partial charge in [0.05, 0.1) is 18.0 Å². The summed E-state index contributed by atoms with van der Waals surface area (Å²) in [6.45, 7) is 9.11. The molecule has 0 saturated carbocycles. The zero-order chi connectivity index (χ0) is 26.8. The fraction of sp³-hybridized carbons (Fsp3) is 0.467. The summed E-state index contributed by atoms with van der Waals surface area (Å²) >= 11 is 13.2. The lowest BCUT2D eigenvalue weighted by atomic mass is 9.90. The molecule has 1 N–H and O–H groups in total. The number of esters is 1. The third-order valence-corrected chi connectivity index (χ3v) is 8.35. The van der Waals surface area contributed by atoms with Crippen molar-refractivity contribution in [3.8, 4) is 5.75 Å². The van der Waals surface area contributed by atoms with Crippen molar-refractivity contribution in [1.29, 1.82) is 0 Å². The van der Waals surface area contributed by atoms with Gasteiger partial charge in [-0.3, -0.25) is 14.8 Å². The van der Waals surface area contributed by atoms with Crippen LogP contribution in [0.25, 0.3) is 15.9 Å². The predicted molar refractivity (Wildman–Crippen MR) is 153 cm³/mol. The highest BCUT2D eigenvalue weighted by Crippen LogP contribution is 2.38. The largest absolute Gasteiger partial charge is 0.485 e. The van der Waals surface area contributed by atoms with E-state index >= 15 is 0 Å². The molecule has 2 atom stereocenters. The Morgan fingerprint density at radius 1 is 1.18 bits per heavy atom. The Morgan fingerprint density at radius 2 is 2.03 bits per heavy atom. The summed E-state index contributed by atoms with van der Waals surface area (Å²) in [7, 11) is 0. The lowest BCUT2D eigenvalue weighted by Crippen LogP contribution is -2.40. The minimum atomic E-state index is -0.125. The zero-order valence-corrected chi connectivity index (χ0v) is 23.7. The number of fused-ring (bicyclic) bond motifs is 2. The van der Waals surface area contributed by atoms with Crippen LogP contribution in [0.15, 0.2) is 42.0 Å². The molecule has 2 aromatic carbocycles. The minimum absolute atomic E-state index is 0.0437. The normalized spacial score (nSPS) is 19.1. The first-order valence-corrected chi connectivity index (χ1v) is 14.3. The number of H-pyrrole nitrogens is 1. The number of nitrogens with zero attached hydrogens (tertiary/aromatic N) is 2. The van der Waals surface area contributed by atoms with Gasteiger partial charge >= 0.3 is 5.97 Å². The Balaban J connectivity index is 1.31. The van der Waals surface area contributed by atoms with Crippen LogP contribution >= 0.6 is 23.2 Å². The summed E-state index contributed by atoms with van der Waals surface area (Å²) in [5.74, 6) is 0.971. The van der Waals surface area contributed by atoms with Crippen LogP contribution in [0.1, 0.15) is 62.8 Å². The number of hydrogen-bond acceptors (Lipinski definition) is 5. The van der Waals surface area contributed by atoms with Gasteiger partial charge in [0.15, 0.2) is 0 Å². The molecule has 6 nitrogen and oxygen atoms in total. The van der Waals surface area contributed by atoms with Crippen molar-refractivity contribution in [2.24, 2.45) is 11.8 Å². The molecule has 1 aromatic heterocycles. The van der Waals surface area contributed by atoms with Crippen LogP contribution in [-0.2, 0) is 16.0 Å². The molecule has 5 rings (SSSR count). The maximum atomic E-state index is 12.3. The molecule has 1 fully saturated rings. The molecule has 0 spiro atoms. The number of aryl methyl sites for hydroxylation is 1. The molecule has 0 bridgehead atoms. The second-order valence-electron chi connectivity index (χ2n) is 10.7. The van der Waals surface area contributed by atoms with Gasteiger partial charge in [0.2, 0.25) is 0 Å². The van der Waals surface area contributed by atoms with Crippen LogP contribution in [-0.4, -0.2) is 47.3 Å². The SMILES string of the molecule is CCOC(=O)C1CCCN(CC2=C(Cl)c3ccc(O[C@H](c4ccc5n[nH]c(Cl)c5c4)C(C)C)cc3CC2)C1. The molecule has 2 aliphatic rings. The maximum Gasteiger partial charge on any atom is 0.310 e. The van der Waals surface area contributed by atoms with Gasteiger partial charge in [-0.05, 0) is 97.7 Å². The number of aromatic nitrogens is 2. The minimum Gasteiger partial charge on any atom is -0.485 e. The van der Waals surface area contributed by atoms with Crippen LogP contribution < -0.4 is 4.74 Å². The number of nitrogens with one attached hydrogen (secondary N) is 1. The van der Waals surface area contributed by atoms with E-state index in [9.17, 15) is 4.79 Å². The first-order valence-electron chi connectivity index (χ1n) is 13.5. The Hall–Kier alpha value is -2.54. The first-order chi connectivity index (χ1) is 18.3. The molecule has 8 heteroatoms. The Labute approximate surface area is 234 Å². The second-order valence-corrected chi connectivity index (χ2v) is 11.4. The number of piperidine rings is 1. The summed E-state index contributed by atoms with van der Waals surface area (Å²) in [5, 5.41) is 9.33. The average molecular weight is 557 g/mol. The van der Waals surface area contributed by atoms with Gasteiger partial charge in [-0.2, -0.15) is 5.10 Å². The van der Waals surface area contributed by atoms with E-state index in [1.807, 2.05) is 19.1 Å². The lowest BCUT2D eigenvalue weighted by Gasteiger charge is -2.33. The highest BCUT2D eigenvalue weighted by atomic mass is 35.5. The Kier molecular flexibility index (Phi) is 8.32. The molecular weight excluding hydrogens is 521 g/mol. The number of benzene rings is 2. The number of carbonyl (C=O) groups excluding carboxylic acids is 1. The van der Waals surface area contributed by atoms with E-state index in [-0.39, 0.29) is 23.9 Å². The van der Waals surface area contributed by atoms with Crippen molar-refractivity contribution in [3.63, 3.8) is 0 Å². The summed E-state index contributed by atoms with van der Waals surface area (Å²) in [6, 6.07) is 12.3. The Bertz CT molecular complexity index is 1350. The quantitative estimate of drug-likeness (QED) is 0.298. The van der Waals surface area contributed by atoms with Crippen LogP contribution in [0.4, 0.5) is 0 Å². The van der Waals surface area contributed by atoms with Crippen molar-refractivity contribution in [1.82, 2.24) is 15.1 Å². The van der Waals surface area contributed by atoms with Crippen molar-refractivity contribution >= 4 is 45.1 Å². The number of hydrogen-bond donors (Lipinski definition) is 1. The maximum absolute atomic E-state index is 12.3. The number of halogens is 2. The van der Waals surface area contributed by atoms with E-state index in [1.165, 1.54) is 11.1 Å². The average Bonchev–Trinajstić information content (AvgIpc) is 3.29. The molecule has 1 aliphatic heterocycles. The molecule has 1 saturated heterocycles. The van der Waals surface area contributed by atoms with Gasteiger partial charge in [0, 0.05) is 23.5 Å². The Morgan fingerprint density at radius 3 is 2.82 bits per heavy atom. The highest BCUT2D eigenvalue weighted by molar-refractivity contribution is 6.49. The third kappa shape index (κ3) is 5.73. The standard InChI is InChI=1S/C30H35Cl2N3O3/c1-4-37-30(36)22-6-5-13-35(17-22)16-21-8-7-19-14-23(10-11-24(19)27(21)31)38-28(18(2)3)20-9-12-26-25(15-20)29(32)34-33-26/h9-12,14-15,18,22,28H,4-8,13,16-17H2,1-3H3,(H,33,34)/t22?,28-/m0/s1. The van der Waals surface area contributed by atoms with Gasteiger partial charge in [-0.25, -0.2) is 0 Å². The van der Waals surface area contributed by atoms with Crippen LogP contribution in [0.3, 0.4) is 0 Å².